The Morgan fingerprint density at radius 1 is 0.312 bits per heavy atom. The fourth-order valence-electron chi connectivity index (χ4n) is 12.4. The predicted molar refractivity (Wildman–Crippen MR) is 545 cm³/mol. The zero-order valence-corrected chi connectivity index (χ0v) is 95.3. The second-order valence-corrected chi connectivity index (χ2v) is 62.7. The Kier molecular flexibility index (Phi) is 45.8. The van der Waals surface area contributed by atoms with Crippen molar-refractivity contribution in [2.24, 2.45) is 65.0 Å². The molecule has 0 radical (unpaired) electrons. The lowest BCUT2D eigenvalue weighted by molar-refractivity contribution is -0.123. The highest BCUT2D eigenvalue weighted by Crippen LogP contribution is 2.34. The van der Waals surface area contributed by atoms with E-state index in [4.69, 9.17) is 0 Å². The van der Waals surface area contributed by atoms with E-state index in [2.05, 4.69) is 103 Å². The molecule has 12 heterocycles. The van der Waals surface area contributed by atoms with Crippen LogP contribution in [0.3, 0.4) is 0 Å². The first-order valence-corrected chi connectivity index (χ1v) is 59.5. The Balaban J connectivity index is 0.000000753. The van der Waals surface area contributed by atoms with Crippen molar-refractivity contribution < 1.29 is 116 Å². The molecule has 792 valence electrons. The number of Topliss-reactive ketones (excluding diaryl/α,β-unsaturated/α-hetero) is 3. The summed E-state index contributed by atoms with van der Waals surface area (Å²) in [6.07, 6.45) is 6.31. The van der Waals surface area contributed by atoms with Crippen molar-refractivity contribution in [2.45, 2.75) is 291 Å². The Morgan fingerprint density at radius 2 is 0.703 bits per heavy atom. The number of amides is 8. The van der Waals surface area contributed by atoms with Crippen LogP contribution >= 0.6 is 0 Å². The highest BCUT2D eigenvalue weighted by atomic mass is 32.2. The molecule has 0 saturated carbocycles. The third kappa shape index (κ3) is 47.5. The second-order valence-electron chi connectivity index (χ2n) is 46.8. The zero-order valence-electron chi connectivity index (χ0n) is 87.1. The summed E-state index contributed by atoms with van der Waals surface area (Å²) in [6.45, 7) is 70.0. The molecule has 12 aliphatic rings. The summed E-state index contributed by atoms with van der Waals surface area (Å²) < 4.78 is 177. The molecule has 0 aromatic carbocycles. The number of ketones is 3. The molecule has 12 N–H and O–H groups in total. The Hall–Kier alpha value is -7.03. The summed E-state index contributed by atoms with van der Waals surface area (Å²) in [4.78, 5) is 121. The van der Waals surface area contributed by atoms with Gasteiger partial charge in [0.25, 0.3) is 0 Å². The van der Waals surface area contributed by atoms with Crippen molar-refractivity contribution >= 4 is 169 Å². The van der Waals surface area contributed by atoms with E-state index >= 15 is 0 Å². The number of carbonyl (C=O) groups excluding carboxylic acids is 11. The highest BCUT2D eigenvalue weighted by molar-refractivity contribution is 7.95. The molecular weight excluding hydrogens is 1990 g/mol. The van der Waals surface area contributed by atoms with Crippen LogP contribution in [0.2, 0.25) is 0 Å². The van der Waals surface area contributed by atoms with E-state index in [0.29, 0.717) is 23.6 Å². The van der Waals surface area contributed by atoms with Crippen LogP contribution < -0.4 is 61.4 Å². The average Bonchev–Trinajstić information content (AvgIpc) is 1.66. The summed E-state index contributed by atoms with van der Waals surface area (Å²) in [6, 6.07) is -1.07. The lowest BCUT2D eigenvalue weighted by Crippen LogP contribution is -2.40. The van der Waals surface area contributed by atoms with Crippen molar-refractivity contribution in [1.82, 2.24) is 61.4 Å². The number of hydrogen-bond donors (Lipinski definition) is 12. The molecule has 0 aromatic rings. The van der Waals surface area contributed by atoms with Crippen molar-refractivity contribution in [3.63, 3.8) is 0 Å². The van der Waals surface area contributed by atoms with Crippen molar-refractivity contribution in [1.29, 1.82) is 0 Å². The average molecular weight is 2140 g/mol. The van der Waals surface area contributed by atoms with Crippen molar-refractivity contribution in [3.8, 4) is 0 Å². The maximum Gasteiger partial charge on any atom is 0.239 e. The standard InChI is InChI=1S/2C8H13NO3S.2C8H13NO2S.C8H13NO2.C8H13NO.2C7H13NO3S.3C7H13NO2S.C7H13NOS/c2*1-8(2,3)6-4-13(11,12)5-7(10)9-6;2*1-8(2,3)6-4-12(11)5-7(10)9-6;1-8(2,3)7-5(10)4-6(11)9-7;1-8(2,3)6-4-5-7(10)9-6;1-7(2,3)6-8-5(9)4-12(6,10)11;1-7(2,3)6-5(9)4-12(10,11)8-6;1-7(2,3)6-8-5(9)4-11(6)10;1-7(2,3)6-5(9)4-11(10)8-6;1-7(2,3)6-4-5-11(9,10)8-6;1-7(2,3)6-4-5-10(9)8-6/h2*4H,5H2,1-3H3,(H,9,10);2*4H,5H2,1-3H3,(H,9,10);7H,4H2,1-3H3,(H,9,11);4H,5H2,1-3H3,(H,9,10);6H,4H2,1-3H3,(H,8,9);6,8H,4H2,1-3H3;6H,4H2,1-3H3,(H,8,9);6,8H,4H2,1-3H3;4,8H,5H2,1-3H3;4,8H,5H2,1-3H3. The predicted octanol–water partition coefficient (Wildman–Crippen LogP) is 6.58. The lowest BCUT2D eigenvalue weighted by Gasteiger charge is -2.25. The third-order valence-electron chi connectivity index (χ3n) is 20.0. The van der Waals surface area contributed by atoms with Crippen LogP contribution in [0.1, 0.15) is 262 Å². The maximum atomic E-state index is 11.3. The Labute approximate surface area is 832 Å². The number of sulfonamides is 2. The molecule has 12 aliphatic heterocycles. The van der Waals surface area contributed by atoms with E-state index in [9.17, 15) is 116 Å². The lowest BCUT2D eigenvalue weighted by atomic mass is 9.85. The van der Waals surface area contributed by atoms with Crippen LogP contribution in [0, 0.1) is 65.0 Å². The number of nitrogens with one attached hydrogen (secondary N) is 12. The molecule has 10 unspecified atom stereocenters. The second kappa shape index (κ2) is 49.0. The van der Waals surface area contributed by atoms with Crippen LogP contribution in [0.25, 0.3) is 0 Å². The molecule has 38 nitrogen and oxygen atoms in total. The molecule has 0 spiro atoms. The van der Waals surface area contributed by atoms with E-state index in [1.807, 2.05) is 199 Å². The van der Waals surface area contributed by atoms with Gasteiger partial charge < -0.3 is 47.3 Å². The molecular formula is C90H156N12O26S10. The first-order chi connectivity index (χ1) is 61.2. The van der Waals surface area contributed by atoms with Gasteiger partial charge in [-0.2, -0.15) is 0 Å². The topological polar surface area (TPSA) is 588 Å². The minimum absolute atomic E-state index is 0.0162. The van der Waals surface area contributed by atoms with E-state index in [1.165, 1.54) is 0 Å². The van der Waals surface area contributed by atoms with Gasteiger partial charge in [-0.3, -0.25) is 70.1 Å². The van der Waals surface area contributed by atoms with Crippen LogP contribution in [-0.4, -0.2) is 214 Å². The smallest absolute Gasteiger partial charge is 0.239 e. The van der Waals surface area contributed by atoms with Gasteiger partial charge in [0.2, 0.25) is 67.3 Å². The third-order valence-corrected chi connectivity index (χ3v) is 33.1. The minimum atomic E-state index is -3.34. The van der Waals surface area contributed by atoms with Gasteiger partial charge in [-0.1, -0.05) is 255 Å². The summed E-state index contributed by atoms with van der Waals surface area (Å²) in [7, 11) is -21.5. The molecule has 0 aliphatic carbocycles. The molecule has 8 amide bonds. The molecule has 48 heteroatoms. The fourth-order valence-corrected chi connectivity index (χ4v) is 25.6. The minimum Gasteiger partial charge on any atom is -0.345 e. The fraction of sp³-hybridized carbons (Fsp3) is 0.722. The molecule has 138 heavy (non-hydrogen) atoms. The molecule has 5 fully saturated rings. The van der Waals surface area contributed by atoms with Crippen LogP contribution in [0.5, 0.6) is 0 Å². The SMILES string of the molecule is CC(C)(C)C1=CCC(=O)N1.CC(C)(C)C1=CCS(=O)(=O)N1.CC(C)(C)C1=CCS(=O)N1.CC(C)(C)C1=CS(=O)(=O)CC(=O)N1.CC(C)(C)C1=CS(=O)(=O)CC(=O)N1.CC(C)(C)C1=CS(=O)CC(=O)N1.CC(C)(C)C1=CS(=O)CC(=O)N1.CC(C)(C)C1NC(=O)CC1=O.CC(C)(C)C1NC(=O)CS1(=O)=O.CC(C)(C)C1NC(=O)CS1=O.CC(C)(C)C1NS(=O)(=O)CC1=O.CC(C)(C)C1NS(=O)CC1=O. The number of rotatable bonds is 0. The van der Waals surface area contributed by atoms with Gasteiger partial charge in [0.1, 0.15) is 62.0 Å². The van der Waals surface area contributed by atoms with Gasteiger partial charge in [0, 0.05) is 95.0 Å². The van der Waals surface area contributed by atoms with E-state index < -0.39 is 150 Å². The van der Waals surface area contributed by atoms with Crippen LogP contribution in [0.4, 0.5) is 0 Å². The molecule has 10 atom stereocenters. The van der Waals surface area contributed by atoms with Crippen LogP contribution in [0.15, 0.2) is 79.7 Å². The monoisotopic (exact) mass is 2140 g/mol. The Bertz CT molecular complexity index is 5240. The summed E-state index contributed by atoms with van der Waals surface area (Å²) in [5.74, 6) is -2.17. The number of allylic oxidation sites excluding steroid dienone is 7. The number of sulfone groups is 3. The quantitative estimate of drug-likeness (QED) is 0.114. The maximum absolute atomic E-state index is 11.3. The molecule has 5 saturated heterocycles. The van der Waals surface area contributed by atoms with E-state index in [-0.39, 0.29) is 171 Å². The summed E-state index contributed by atoms with van der Waals surface area (Å²) >= 11 is 0. The summed E-state index contributed by atoms with van der Waals surface area (Å²) in [5, 5.41) is 25.8. The van der Waals surface area contributed by atoms with Gasteiger partial charge in [0.05, 0.1) is 96.0 Å². The molecule has 0 bridgehead atoms. The molecule has 0 aromatic heterocycles. The first-order valence-electron chi connectivity index (χ1n) is 44.3. The van der Waals surface area contributed by atoms with Gasteiger partial charge in [-0.25, -0.2) is 60.0 Å². The van der Waals surface area contributed by atoms with Gasteiger partial charge in [-0.15, -0.1) is 0 Å². The largest absolute Gasteiger partial charge is 0.345 e. The zero-order chi connectivity index (χ0) is 109. The van der Waals surface area contributed by atoms with Gasteiger partial charge in [-0.05, 0) is 39.2 Å². The van der Waals surface area contributed by atoms with Gasteiger partial charge >= 0.3 is 0 Å². The normalized spacial score (nSPS) is 25.7. The first kappa shape index (κ1) is 129. The Morgan fingerprint density at radius 3 is 0.891 bits per heavy atom. The van der Waals surface area contributed by atoms with E-state index in [1.54, 1.807) is 37.7 Å². The molecule has 12 rings (SSSR count). The summed E-state index contributed by atoms with van der Waals surface area (Å²) in [5.41, 5.74) is 3.43. The number of hydrogen-bond acceptors (Lipinski definition) is 26. The van der Waals surface area contributed by atoms with Crippen molar-refractivity contribution in [2.75, 3.05) is 57.5 Å². The van der Waals surface area contributed by atoms with Gasteiger partial charge in [0.15, 0.2) is 46.9 Å². The van der Waals surface area contributed by atoms with Crippen molar-refractivity contribution in [3.05, 3.63) is 79.7 Å². The van der Waals surface area contributed by atoms with Crippen LogP contribution in [-0.2, 0) is 157 Å². The van der Waals surface area contributed by atoms with E-state index in [0.717, 1.165) is 39.3 Å². The number of carbonyl (C=O) groups is 11. The highest BCUT2D eigenvalue weighted by Gasteiger charge is 2.46.